The minimum atomic E-state index is -1.19. The number of aliphatic hydroxyl groups is 1. The van der Waals surface area contributed by atoms with Gasteiger partial charge in [0.05, 0.1) is 0 Å². The molecule has 0 saturated carbocycles. The van der Waals surface area contributed by atoms with Crippen LogP contribution in [-0.4, -0.2) is 17.2 Å². The lowest BCUT2D eigenvalue weighted by Gasteiger charge is -2.08. The summed E-state index contributed by atoms with van der Waals surface area (Å²) in [7, 11) is 0. The zero-order valence-electron chi connectivity index (χ0n) is 9.00. The zero-order chi connectivity index (χ0) is 11.8. The van der Waals surface area contributed by atoms with Crippen molar-refractivity contribution < 1.29 is 9.90 Å². The third-order valence-electron chi connectivity index (χ3n) is 1.89. The topological polar surface area (TPSA) is 61.7 Å². The van der Waals surface area contributed by atoms with Gasteiger partial charge < -0.3 is 5.11 Å². The summed E-state index contributed by atoms with van der Waals surface area (Å²) in [6.07, 6.45) is 3.71. The van der Waals surface area contributed by atoms with E-state index in [1.807, 2.05) is 13.0 Å². The van der Waals surface area contributed by atoms with Gasteiger partial charge in [-0.05, 0) is 18.6 Å². The molecule has 0 aromatic heterocycles. The normalized spacial score (nSPS) is 13.1. The van der Waals surface area contributed by atoms with Crippen LogP contribution in [0.25, 0.3) is 0 Å². The second-order valence-corrected chi connectivity index (χ2v) is 3.09. The molecule has 0 bridgehead atoms. The van der Waals surface area contributed by atoms with Crippen molar-refractivity contribution in [2.75, 3.05) is 0 Å². The first kappa shape index (κ1) is 12.1. The number of carbonyl (C=O) groups excluding carboxylic acids is 1. The van der Waals surface area contributed by atoms with Crippen LogP contribution in [0.1, 0.15) is 18.6 Å². The number of allylic oxidation sites excluding steroid dienone is 2. The zero-order valence-corrected chi connectivity index (χ0v) is 9.00. The number of benzene rings is 1. The van der Waals surface area contributed by atoms with Crippen molar-refractivity contribution in [3.63, 3.8) is 0 Å². The standard InChI is InChI=1S/C12H14N2O2/c1-2-3-9-13-14-12(16)11(15)10-7-5-4-6-8-10/h2-9,11,15H,1H3,(H,14,16)/b3-2+,13-9-/t11-/m0/s1. The van der Waals surface area contributed by atoms with Gasteiger partial charge in [-0.2, -0.15) is 5.10 Å². The van der Waals surface area contributed by atoms with E-state index in [-0.39, 0.29) is 0 Å². The Morgan fingerprint density at radius 2 is 2.12 bits per heavy atom. The molecule has 4 heteroatoms. The molecule has 16 heavy (non-hydrogen) atoms. The first-order chi connectivity index (χ1) is 7.75. The van der Waals surface area contributed by atoms with E-state index in [0.717, 1.165) is 0 Å². The average molecular weight is 218 g/mol. The molecule has 0 radical (unpaired) electrons. The minimum Gasteiger partial charge on any atom is -0.378 e. The van der Waals surface area contributed by atoms with Crippen molar-refractivity contribution >= 4 is 12.1 Å². The SMILES string of the molecule is C/C=C/C=N\NC(=O)[C@@H](O)c1ccccc1. The van der Waals surface area contributed by atoms with Crippen molar-refractivity contribution in [2.24, 2.45) is 5.10 Å². The lowest BCUT2D eigenvalue weighted by molar-refractivity contribution is -0.129. The maximum atomic E-state index is 11.4. The largest absolute Gasteiger partial charge is 0.378 e. The van der Waals surface area contributed by atoms with Crippen molar-refractivity contribution in [1.29, 1.82) is 0 Å². The van der Waals surface area contributed by atoms with Gasteiger partial charge >= 0.3 is 0 Å². The number of amides is 1. The fraction of sp³-hybridized carbons (Fsp3) is 0.167. The molecule has 0 aliphatic rings. The van der Waals surface area contributed by atoms with Gasteiger partial charge in [0.15, 0.2) is 6.10 Å². The highest BCUT2D eigenvalue weighted by atomic mass is 16.3. The summed E-state index contributed by atoms with van der Waals surface area (Å²) in [6, 6.07) is 8.70. The maximum absolute atomic E-state index is 11.4. The molecule has 1 aromatic rings. The summed E-state index contributed by atoms with van der Waals surface area (Å²) in [4.78, 5) is 11.4. The molecule has 1 aromatic carbocycles. The number of aliphatic hydroxyl groups excluding tert-OH is 1. The monoisotopic (exact) mass is 218 g/mol. The summed E-state index contributed by atoms with van der Waals surface area (Å²) in [5, 5.41) is 13.3. The second-order valence-electron chi connectivity index (χ2n) is 3.09. The Labute approximate surface area is 94.3 Å². The van der Waals surface area contributed by atoms with Crippen LogP contribution in [0.4, 0.5) is 0 Å². The summed E-state index contributed by atoms with van der Waals surface area (Å²) < 4.78 is 0. The van der Waals surface area contributed by atoms with Crippen LogP contribution in [0.15, 0.2) is 47.6 Å². The molecular weight excluding hydrogens is 204 g/mol. The molecule has 1 rings (SSSR count). The Balaban J connectivity index is 2.55. The molecular formula is C12H14N2O2. The van der Waals surface area contributed by atoms with Gasteiger partial charge in [0.2, 0.25) is 0 Å². The molecule has 0 aliphatic carbocycles. The third-order valence-corrected chi connectivity index (χ3v) is 1.89. The smallest absolute Gasteiger partial charge is 0.273 e. The van der Waals surface area contributed by atoms with E-state index in [1.165, 1.54) is 6.21 Å². The van der Waals surface area contributed by atoms with E-state index in [2.05, 4.69) is 10.5 Å². The van der Waals surface area contributed by atoms with E-state index < -0.39 is 12.0 Å². The van der Waals surface area contributed by atoms with Crippen LogP contribution in [0, 0.1) is 0 Å². The number of hydrogen-bond donors (Lipinski definition) is 2. The van der Waals surface area contributed by atoms with Gasteiger partial charge in [-0.15, -0.1) is 0 Å². The fourth-order valence-electron chi connectivity index (χ4n) is 1.08. The molecule has 0 aliphatic heterocycles. The maximum Gasteiger partial charge on any atom is 0.273 e. The minimum absolute atomic E-state index is 0.543. The number of carbonyl (C=O) groups is 1. The van der Waals surface area contributed by atoms with Crippen molar-refractivity contribution in [3.05, 3.63) is 48.0 Å². The van der Waals surface area contributed by atoms with E-state index in [4.69, 9.17) is 0 Å². The lowest BCUT2D eigenvalue weighted by atomic mass is 10.1. The Hall–Kier alpha value is -1.94. The average Bonchev–Trinajstić information content (AvgIpc) is 2.34. The van der Waals surface area contributed by atoms with E-state index in [1.54, 1.807) is 36.4 Å². The summed E-state index contributed by atoms with van der Waals surface area (Å²) in [5.41, 5.74) is 2.79. The summed E-state index contributed by atoms with van der Waals surface area (Å²) >= 11 is 0. The Kier molecular flexibility index (Phi) is 4.95. The van der Waals surface area contributed by atoms with E-state index in [0.29, 0.717) is 5.56 Å². The van der Waals surface area contributed by atoms with Crippen molar-refractivity contribution in [3.8, 4) is 0 Å². The Morgan fingerprint density at radius 1 is 1.44 bits per heavy atom. The summed E-state index contributed by atoms with van der Waals surface area (Å²) in [5.74, 6) is -0.549. The van der Waals surface area contributed by atoms with Crippen LogP contribution in [-0.2, 0) is 4.79 Å². The highest BCUT2D eigenvalue weighted by Gasteiger charge is 2.15. The van der Waals surface area contributed by atoms with E-state index >= 15 is 0 Å². The van der Waals surface area contributed by atoms with Gasteiger partial charge in [0, 0.05) is 6.21 Å². The molecule has 4 nitrogen and oxygen atoms in total. The first-order valence-corrected chi connectivity index (χ1v) is 4.93. The van der Waals surface area contributed by atoms with Gasteiger partial charge in [0.1, 0.15) is 0 Å². The molecule has 0 unspecified atom stereocenters. The number of hydrazone groups is 1. The summed E-state index contributed by atoms with van der Waals surface area (Å²) in [6.45, 7) is 1.84. The molecule has 0 fully saturated rings. The predicted octanol–water partition coefficient (Wildman–Crippen LogP) is 1.40. The van der Waals surface area contributed by atoms with Crippen molar-refractivity contribution in [2.45, 2.75) is 13.0 Å². The van der Waals surface area contributed by atoms with Gasteiger partial charge in [0.25, 0.3) is 5.91 Å². The predicted molar refractivity (Wildman–Crippen MR) is 62.9 cm³/mol. The fourth-order valence-corrected chi connectivity index (χ4v) is 1.08. The quantitative estimate of drug-likeness (QED) is 0.592. The van der Waals surface area contributed by atoms with Crippen molar-refractivity contribution in [1.82, 2.24) is 5.43 Å². The molecule has 0 spiro atoms. The molecule has 2 N–H and O–H groups in total. The number of hydrogen-bond acceptors (Lipinski definition) is 3. The van der Waals surface area contributed by atoms with Gasteiger partial charge in [-0.1, -0.05) is 36.4 Å². The van der Waals surface area contributed by atoms with Crippen LogP contribution < -0.4 is 5.43 Å². The van der Waals surface area contributed by atoms with Crippen LogP contribution >= 0.6 is 0 Å². The van der Waals surface area contributed by atoms with Gasteiger partial charge in [-0.25, -0.2) is 5.43 Å². The number of nitrogens with zero attached hydrogens (tertiary/aromatic N) is 1. The Morgan fingerprint density at radius 3 is 2.75 bits per heavy atom. The molecule has 1 amide bonds. The van der Waals surface area contributed by atoms with Crippen LogP contribution in [0.2, 0.25) is 0 Å². The van der Waals surface area contributed by atoms with Gasteiger partial charge in [-0.3, -0.25) is 4.79 Å². The Bertz CT molecular complexity index is 385. The van der Waals surface area contributed by atoms with E-state index in [9.17, 15) is 9.90 Å². The molecule has 1 atom stereocenters. The number of nitrogens with one attached hydrogen (secondary N) is 1. The molecule has 0 saturated heterocycles. The third kappa shape index (κ3) is 3.67. The van der Waals surface area contributed by atoms with Crippen LogP contribution in [0.3, 0.4) is 0 Å². The highest BCUT2D eigenvalue weighted by molar-refractivity contribution is 5.83. The lowest BCUT2D eigenvalue weighted by Crippen LogP contribution is -2.24. The van der Waals surface area contributed by atoms with Crippen LogP contribution in [0.5, 0.6) is 0 Å². The number of rotatable bonds is 4. The highest BCUT2D eigenvalue weighted by Crippen LogP contribution is 2.11. The first-order valence-electron chi connectivity index (χ1n) is 4.93. The second kappa shape index (κ2) is 6.53. The molecule has 0 heterocycles. The molecule has 84 valence electrons.